The summed E-state index contributed by atoms with van der Waals surface area (Å²) >= 11 is 0. The SMILES string of the molecule is Cn1nc(C(=O)NC2CCc3n[nH]c(=O)n3CC2)cc1-c1ccccc1. The second-order valence-electron chi connectivity index (χ2n) is 6.50. The van der Waals surface area contributed by atoms with Gasteiger partial charge in [0.1, 0.15) is 5.82 Å². The quantitative estimate of drug-likeness (QED) is 0.738. The van der Waals surface area contributed by atoms with Gasteiger partial charge in [-0.3, -0.25) is 14.0 Å². The Hall–Kier alpha value is -3.16. The third-order valence-electron chi connectivity index (χ3n) is 4.77. The number of rotatable bonds is 3. The van der Waals surface area contributed by atoms with E-state index in [9.17, 15) is 9.59 Å². The molecule has 1 unspecified atom stereocenters. The Morgan fingerprint density at radius 1 is 1.27 bits per heavy atom. The van der Waals surface area contributed by atoms with Crippen molar-refractivity contribution in [2.45, 2.75) is 31.8 Å². The molecule has 1 aliphatic heterocycles. The molecule has 0 radical (unpaired) electrons. The lowest BCUT2D eigenvalue weighted by Gasteiger charge is -2.14. The number of carbonyl (C=O) groups is 1. The lowest BCUT2D eigenvalue weighted by Crippen LogP contribution is -2.35. The fourth-order valence-corrected chi connectivity index (χ4v) is 3.37. The molecule has 4 rings (SSSR count). The molecule has 2 aromatic heterocycles. The van der Waals surface area contributed by atoms with Crippen molar-refractivity contribution < 1.29 is 4.79 Å². The van der Waals surface area contributed by atoms with E-state index in [4.69, 9.17) is 0 Å². The third kappa shape index (κ3) is 3.05. The summed E-state index contributed by atoms with van der Waals surface area (Å²) in [4.78, 5) is 24.3. The molecule has 0 saturated carbocycles. The van der Waals surface area contributed by atoms with Crippen LogP contribution in [0.1, 0.15) is 29.2 Å². The van der Waals surface area contributed by atoms with Crippen LogP contribution in [0, 0.1) is 0 Å². The molecular weight excluding hydrogens is 332 g/mol. The number of aromatic nitrogens is 5. The van der Waals surface area contributed by atoms with Crippen LogP contribution in [0.5, 0.6) is 0 Å². The van der Waals surface area contributed by atoms with Crippen LogP contribution in [0.4, 0.5) is 0 Å². The van der Waals surface area contributed by atoms with Crippen LogP contribution in [0.2, 0.25) is 0 Å². The maximum Gasteiger partial charge on any atom is 0.343 e. The molecule has 0 saturated heterocycles. The van der Waals surface area contributed by atoms with Gasteiger partial charge in [-0.15, -0.1) is 0 Å². The van der Waals surface area contributed by atoms with Gasteiger partial charge < -0.3 is 5.32 Å². The maximum atomic E-state index is 12.6. The Morgan fingerprint density at radius 3 is 2.88 bits per heavy atom. The average Bonchev–Trinajstić information content (AvgIpc) is 3.14. The van der Waals surface area contributed by atoms with Gasteiger partial charge in [0.15, 0.2) is 5.69 Å². The van der Waals surface area contributed by atoms with Crippen LogP contribution in [-0.4, -0.2) is 36.5 Å². The van der Waals surface area contributed by atoms with Crippen molar-refractivity contribution in [1.82, 2.24) is 29.9 Å². The zero-order valence-electron chi connectivity index (χ0n) is 14.5. The van der Waals surface area contributed by atoms with Crippen molar-refractivity contribution in [3.8, 4) is 11.3 Å². The van der Waals surface area contributed by atoms with Gasteiger partial charge in [-0.25, -0.2) is 9.89 Å². The van der Waals surface area contributed by atoms with E-state index in [1.807, 2.05) is 37.4 Å². The highest BCUT2D eigenvalue weighted by atomic mass is 16.2. The lowest BCUT2D eigenvalue weighted by atomic mass is 10.1. The summed E-state index contributed by atoms with van der Waals surface area (Å²) in [6.07, 6.45) is 2.09. The number of carbonyl (C=O) groups excluding carboxylic acids is 1. The number of hydrogen-bond donors (Lipinski definition) is 2. The van der Waals surface area contributed by atoms with Gasteiger partial charge in [-0.2, -0.15) is 10.2 Å². The Bertz CT molecular complexity index is 985. The van der Waals surface area contributed by atoms with Crippen molar-refractivity contribution in [3.63, 3.8) is 0 Å². The van der Waals surface area contributed by atoms with Crippen molar-refractivity contribution in [3.05, 3.63) is 58.4 Å². The van der Waals surface area contributed by atoms with Gasteiger partial charge in [0.2, 0.25) is 0 Å². The molecule has 1 amide bonds. The lowest BCUT2D eigenvalue weighted by molar-refractivity contribution is 0.0927. The predicted molar refractivity (Wildman–Crippen MR) is 95.7 cm³/mol. The van der Waals surface area contributed by atoms with E-state index in [1.165, 1.54) is 0 Å². The van der Waals surface area contributed by atoms with E-state index >= 15 is 0 Å². The largest absolute Gasteiger partial charge is 0.348 e. The fourth-order valence-electron chi connectivity index (χ4n) is 3.37. The van der Waals surface area contributed by atoms with Crippen molar-refractivity contribution in [2.75, 3.05) is 0 Å². The molecule has 3 aromatic rings. The number of benzene rings is 1. The monoisotopic (exact) mass is 352 g/mol. The summed E-state index contributed by atoms with van der Waals surface area (Å²) in [6.45, 7) is 0.549. The standard InChI is InChI=1S/C18H20N6O2/c1-23-15(12-5-3-2-4-6-12)11-14(22-23)17(25)19-13-7-8-16-20-21-18(26)24(16)10-9-13/h2-6,11,13H,7-10H2,1H3,(H,19,25)(H,21,26). The summed E-state index contributed by atoms with van der Waals surface area (Å²) in [5, 5.41) is 13.9. The molecule has 2 N–H and O–H groups in total. The summed E-state index contributed by atoms with van der Waals surface area (Å²) in [5.41, 5.74) is 2.11. The molecular formula is C18H20N6O2. The van der Waals surface area contributed by atoms with Crippen LogP contribution < -0.4 is 11.0 Å². The number of aromatic amines is 1. The first-order chi connectivity index (χ1) is 12.6. The molecule has 0 aliphatic carbocycles. The van der Waals surface area contributed by atoms with Crippen LogP contribution in [0.3, 0.4) is 0 Å². The normalized spacial score (nSPS) is 16.7. The summed E-state index contributed by atoms with van der Waals surface area (Å²) in [7, 11) is 1.83. The number of amides is 1. The van der Waals surface area contributed by atoms with Gasteiger partial charge in [-0.05, 0) is 24.5 Å². The summed E-state index contributed by atoms with van der Waals surface area (Å²) in [6, 6.07) is 11.6. The highest BCUT2D eigenvalue weighted by Crippen LogP contribution is 2.19. The summed E-state index contributed by atoms with van der Waals surface area (Å²) < 4.78 is 3.35. The highest BCUT2D eigenvalue weighted by molar-refractivity contribution is 5.93. The molecule has 1 aromatic carbocycles. The molecule has 0 bridgehead atoms. The van der Waals surface area contributed by atoms with E-state index in [0.717, 1.165) is 23.5 Å². The highest BCUT2D eigenvalue weighted by Gasteiger charge is 2.22. The Labute approximate surface area is 149 Å². The van der Waals surface area contributed by atoms with Crippen molar-refractivity contribution >= 4 is 5.91 Å². The van der Waals surface area contributed by atoms with E-state index in [2.05, 4.69) is 20.6 Å². The van der Waals surface area contributed by atoms with Crippen molar-refractivity contribution in [1.29, 1.82) is 0 Å². The number of aryl methyl sites for hydroxylation is 2. The third-order valence-corrected chi connectivity index (χ3v) is 4.77. The molecule has 1 atom stereocenters. The van der Waals surface area contributed by atoms with Gasteiger partial charge in [-0.1, -0.05) is 30.3 Å². The minimum absolute atomic E-state index is 0.00854. The zero-order valence-corrected chi connectivity index (χ0v) is 14.5. The van der Waals surface area contributed by atoms with Crippen LogP contribution in [0.25, 0.3) is 11.3 Å². The first-order valence-corrected chi connectivity index (χ1v) is 8.66. The molecule has 134 valence electrons. The van der Waals surface area contributed by atoms with Crippen LogP contribution >= 0.6 is 0 Å². The van der Waals surface area contributed by atoms with E-state index in [0.29, 0.717) is 25.1 Å². The molecule has 8 heteroatoms. The molecule has 8 nitrogen and oxygen atoms in total. The van der Waals surface area contributed by atoms with Gasteiger partial charge >= 0.3 is 5.69 Å². The Morgan fingerprint density at radius 2 is 2.08 bits per heavy atom. The second kappa shape index (κ2) is 6.62. The first-order valence-electron chi connectivity index (χ1n) is 8.66. The van der Waals surface area contributed by atoms with Gasteiger partial charge in [0, 0.05) is 26.1 Å². The molecule has 0 fully saturated rings. The van der Waals surface area contributed by atoms with Crippen LogP contribution in [-0.2, 0) is 20.0 Å². The maximum absolute atomic E-state index is 12.6. The van der Waals surface area contributed by atoms with Crippen molar-refractivity contribution in [2.24, 2.45) is 7.05 Å². The molecule has 26 heavy (non-hydrogen) atoms. The average molecular weight is 352 g/mol. The molecule has 0 spiro atoms. The first kappa shape index (κ1) is 16.3. The smallest absolute Gasteiger partial charge is 0.343 e. The van der Waals surface area contributed by atoms with Gasteiger partial charge in [0.05, 0.1) is 5.69 Å². The van der Waals surface area contributed by atoms with Crippen LogP contribution in [0.15, 0.2) is 41.2 Å². The minimum atomic E-state index is -0.193. The number of nitrogens with one attached hydrogen (secondary N) is 2. The van der Waals surface area contributed by atoms with E-state index in [-0.39, 0.29) is 17.6 Å². The molecule has 1 aliphatic rings. The summed E-state index contributed by atoms with van der Waals surface area (Å²) in [5.74, 6) is 0.553. The number of H-pyrrole nitrogens is 1. The predicted octanol–water partition coefficient (Wildman–Crippen LogP) is 1.11. The number of hydrogen-bond acceptors (Lipinski definition) is 4. The Kier molecular flexibility index (Phi) is 4.16. The number of nitrogens with zero attached hydrogens (tertiary/aromatic N) is 4. The molecule has 3 heterocycles. The minimum Gasteiger partial charge on any atom is -0.348 e. The fraction of sp³-hybridized carbons (Fsp3) is 0.333. The van der Waals surface area contributed by atoms with E-state index in [1.54, 1.807) is 15.3 Å². The Balaban J connectivity index is 1.47. The topological polar surface area (TPSA) is 97.6 Å². The second-order valence-corrected chi connectivity index (χ2v) is 6.50. The van der Waals surface area contributed by atoms with Gasteiger partial charge in [0.25, 0.3) is 5.91 Å². The number of fused-ring (bicyclic) bond motifs is 1. The van der Waals surface area contributed by atoms with E-state index < -0.39 is 0 Å². The zero-order chi connectivity index (χ0) is 18.1.